The van der Waals surface area contributed by atoms with Crippen molar-refractivity contribution in [1.29, 1.82) is 0 Å². The van der Waals surface area contributed by atoms with Crippen LogP contribution >= 0.6 is 0 Å². The lowest BCUT2D eigenvalue weighted by atomic mass is 9.98. The van der Waals surface area contributed by atoms with E-state index in [4.69, 9.17) is 4.42 Å². The normalized spacial score (nSPS) is 11.5. The van der Waals surface area contributed by atoms with Gasteiger partial charge in [-0.3, -0.25) is 0 Å². The largest absolute Gasteiger partial charge is 0.454 e. The highest BCUT2D eigenvalue weighted by atomic mass is 19.1. The molecule has 0 unspecified atom stereocenters. The van der Waals surface area contributed by atoms with Crippen LogP contribution in [0.25, 0.3) is 44.3 Å². The van der Waals surface area contributed by atoms with Crippen LogP contribution < -0.4 is 4.57 Å². The van der Waals surface area contributed by atoms with Crippen molar-refractivity contribution in [3.8, 4) is 22.4 Å². The number of furan rings is 1. The molecule has 30 heavy (non-hydrogen) atoms. The van der Waals surface area contributed by atoms with Crippen molar-refractivity contribution in [2.75, 3.05) is 0 Å². The molecule has 0 bridgehead atoms. The number of rotatable bonds is 2. The summed E-state index contributed by atoms with van der Waals surface area (Å²) in [6.07, 6.45) is 2.06. The molecule has 3 heteroatoms. The summed E-state index contributed by atoms with van der Waals surface area (Å²) in [5.41, 5.74) is 8.30. The van der Waals surface area contributed by atoms with Crippen molar-refractivity contribution in [2.45, 2.75) is 20.8 Å². The summed E-state index contributed by atoms with van der Waals surface area (Å²) in [6, 6.07) is 19.7. The fourth-order valence-corrected chi connectivity index (χ4v) is 4.21. The summed E-state index contributed by atoms with van der Waals surface area (Å²) in [4.78, 5) is 0. The summed E-state index contributed by atoms with van der Waals surface area (Å²) < 4.78 is 23.5. The SMILES string of the molecule is Cc1ccc(-c2c(F)ccc3c2oc2c(-c4cc(C)cc[n+]4C)c(C)ccc23)cc1. The zero-order chi connectivity index (χ0) is 21.0. The van der Waals surface area contributed by atoms with Gasteiger partial charge in [0.05, 0.1) is 11.1 Å². The number of halogens is 1. The molecule has 148 valence electrons. The van der Waals surface area contributed by atoms with Crippen molar-refractivity contribution in [3.63, 3.8) is 0 Å². The molecule has 0 N–H and O–H groups in total. The van der Waals surface area contributed by atoms with E-state index >= 15 is 0 Å². The predicted molar refractivity (Wildman–Crippen MR) is 120 cm³/mol. The summed E-state index contributed by atoms with van der Waals surface area (Å²) in [5.74, 6) is -0.273. The molecule has 0 aliphatic rings. The maximum absolute atomic E-state index is 15.0. The van der Waals surface area contributed by atoms with Crippen LogP contribution in [0, 0.1) is 26.6 Å². The van der Waals surface area contributed by atoms with E-state index in [9.17, 15) is 4.39 Å². The van der Waals surface area contributed by atoms with E-state index in [1.807, 2.05) is 44.3 Å². The lowest BCUT2D eigenvalue weighted by Gasteiger charge is -2.06. The van der Waals surface area contributed by atoms with Gasteiger partial charge in [-0.15, -0.1) is 0 Å². The molecule has 2 nitrogen and oxygen atoms in total. The van der Waals surface area contributed by atoms with E-state index in [1.165, 1.54) is 5.56 Å². The Morgan fingerprint density at radius 2 is 1.40 bits per heavy atom. The topological polar surface area (TPSA) is 17.0 Å². The van der Waals surface area contributed by atoms with Gasteiger partial charge in [0.15, 0.2) is 6.20 Å². The number of aryl methyl sites for hydroxylation is 4. The minimum absolute atomic E-state index is 0.273. The molecule has 0 atom stereocenters. The lowest BCUT2D eigenvalue weighted by Crippen LogP contribution is -2.30. The highest BCUT2D eigenvalue weighted by Crippen LogP contribution is 2.41. The Morgan fingerprint density at radius 3 is 2.13 bits per heavy atom. The number of nitrogens with zero attached hydrogens (tertiary/aromatic N) is 1. The van der Waals surface area contributed by atoms with Crippen LogP contribution in [-0.4, -0.2) is 0 Å². The number of hydrogen-bond donors (Lipinski definition) is 0. The molecule has 3 aromatic carbocycles. The third-order valence-corrected chi connectivity index (χ3v) is 5.87. The Labute approximate surface area is 175 Å². The van der Waals surface area contributed by atoms with Crippen molar-refractivity contribution in [3.05, 3.63) is 89.4 Å². The fourth-order valence-electron chi connectivity index (χ4n) is 4.21. The van der Waals surface area contributed by atoms with Crippen LogP contribution in [0.3, 0.4) is 0 Å². The monoisotopic (exact) mass is 396 g/mol. The molecule has 0 aliphatic heterocycles. The molecule has 0 saturated heterocycles. The predicted octanol–water partition coefficient (Wildman–Crippen LogP) is 6.81. The van der Waals surface area contributed by atoms with Crippen LogP contribution in [0.15, 0.2) is 71.3 Å². The van der Waals surface area contributed by atoms with Crippen LogP contribution in [0.4, 0.5) is 4.39 Å². The van der Waals surface area contributed by atoms with Gasteiger partial charge in [0.1, 0.15) is 24.0 Å². The zero-order valence-corrected chi connectivity index (χ0v) is 17.6. The van der Waals surface area contributed by atoms with E-state index < -0.39 is 0 Å². The first kappa shape index (κ1) is 18.6. The molecule has 0 fully saturated rings. The van der Waals surface area contributed by atoms with E-state index in [0.717, 1.165) is 44.3 Å². The molecule has 0 aliphatic carbocycles. The van der Waals surface area contributed by atoms with Crippen molar-refractivity contribution in [2.24, 2.45) is 7.05 Å². The molecule has 0 saturated carbocycles. The quantitative estimate of drug-likeness (QED) is 0.300. The van der Waals surface area contributed by atoms with Crippen molar-refractivity contribution < 1.29 is 13.4 Å². The number of hydrogen-bond acceptors (Lipinski definition) is 1. The highest BCUT2D eigenvalue weighted by molar-refractivity contribution is 6.13. The molecular formula is C27H23FNO+. The second kappa shape index (κ2) is 6.81. The first-order chi connectivity index (χ1) is 14.4. The molecule has 0 radical (unpaired) electrons. The maximum Gasteiger partial charge on any atom is 0.216 e. The highest BCUT2D eigenvalue weighted by Gasteiger charge is 2.23. The van der Waals surface area contributed by atoms with Crippen LogP contribution in [0.2, 0.25) is 0 Å². The molecule has 0 amide bonds. The first-order valence-electron chi connectivity index (χ1n) is 10.1. The third kappa shape index (κ3) is 2.81. The summed E-state index contributed by atoms with van der Waals surface area (Å²) in [7, 11) is 2.03. The van der Waals surface area contributed by atoms with Crippen LogP contribution in [0.5, 0.6) is 0 Å². The molecule has 0 spiro atoms. The second-order valence-electron chi connectivity index (χ2n) is 8.10. The third-order valence-electron chi connectivity index (χ3n) is 5.87. The maximum atomic E-state index is 15.0. The van der Waals surface area contributed by atoms with Gasteiger partial charge in [-0.2, -0.15) is 0 Å². The number of fused-ring (bicyclic) bond motifs is 3. The minimum Gasteiger partial charge on any atom is -0.454 e. The number of benzene rings is 3. The van der Waals surface area contributed by atoms with Crippen molar-refractivity contribution >= 4 is 21.9 Å². The van der Waals surface area contributed by atoms with E-state index in [1.54, 1.807) is 6.07 Å². The molecule has 2 heterocycles. The average Bonchev–Trinajstić information content (AvgIpc) is 3.09. The summed E-state index contributed by atoms with van der Waals surface area (Å²) >= 11 is 0. The fraction of sp³-hybridized carbons (Fsp3) is 0.148. The van der Waals surface area contributed by atoms with E-state index in [0.29, 0.717) is 11.1 Å². The smallest absolute Gasteiger partial charge is 0.216 e. The van der Waals surface area contributed by atoms with E-state index in [-0.39, 0.29) is 5.82 Å². The van der Waals surface area contributed by atoms with Gasteiger partial charge in [-0.1, -0.05) is 42.0 Å². The van der Waals surface area contributed by atoms with Gasteiger partial charge in [0.2, 0.25) is 5.69 Å². The Kier molecular flexibility index (Phi) is 4.21. The first-order valence-corrected chi connectivity index (χ1v) is 10.1. The second-order valence-corrected chi connectivity index (χ2v) is 8.10. The van der Waals surface area contributed by atoms with Gasteiger partial charge in [-0.05, 0) is 49.6 Å². The summed E-state index contributed by atoms with van der Waals surface area (Å²) in [6.45, 7) is 6.20. The molecule has 5 aromatic rings. The van der Waals surface area contributed by atoms with Crippen LogP contribution in [0.1, 0.15) is 16.7 Å². The van der Waals surface area contributed by atoms with Gasteiger partial charge in [0, 0.05) is 22.9 Å². The van der Waals surface area contributed by atoms with Gasteiger partial charge < -0.3 is 4.42 Å². The number of aromatic nitrogens is 1. The Balaban J connectivity index is 1.89. The van der Waals surface area contributed by atoms with E-state index in [2.05, 4.69) is 48.9 Å². The number of pyridine rings is 1. The average molecular weight is 396 g/mol. The van der Waals surface area contributed by atoms with Crippen molar-refractivity contribution in [1.82, 2.24) is 0 Å². The van der Waals surface area contributed by atoms with Gasteiger partial charge in [-0.25, -0.2) is 8.96 Å². The van der Waals surface area contributed by atoms with Crippen LogP contribution in [-0.2, 0) is 7.05 Å². The Hall–Kier alpha value is -3.46. The molecular weight excluding hydrogens is 373 g/mol. The minimum atomic E-state index is -0.273. The standard InChI is InChI=1S/C27H23FNO/c1-16-5-8-19(9-6-16)25-22(28)12-11-21-20-10-7-18(3)24(26(20)30-27(21)25)23-15-17(2)13-14-29(23)4/h5-15H,1-4H3/q+1. The Morgan fingerprint density at radius 1 is 0.733 bits per heavy atom. The molecule has 2 aromatic heterocycles. The summed E-state index contributed by atoms with van der Waals surface area (Å²) in [5, 5.41) is 1.93. The Bertz CT molecular complexity index is 1430. The van der Waals surface area contributed by atoms with Gasteiger partial charge >= 0.3 is 0 Å². The zero-order valence-electron chi connectivity index (χ0n) is 17.6. The van der Waals surface area contributed by atoms with Gasteiger partial charge in [0.25, 0.3) is 0 Å². The molecule has 5 rings (SSSR count). The lowest BCUT2D eigenvalue weighted by molar-refractivity contribution is -0.660.